The molecule has 1 saturated heterocycles. The Morgan fingerprint density at radius 2 is 1.90 bits per heavy atom. The molecule has 0 saturated carbocycles. The lowest BCUT2D eigenvalue weighted by Crippen LogP contribution is -2.41. The van der Waals surface area contributed by atoms with Crippen molar-refractivity contribution in [3.8, 4) is 5.75 Å². The van der Waals surface area contributed by atoms with Gasteiger partial charge in [-0.2, -0.15) is 0 Å². The predicted octanol–water partition coefficient (Wildman–Crippen LogP) is 3.65. The topological polar surface area (TPSA) is 64.1 Å². The number of nitrogens with zero attached hydrogens (tertiary/aromatic N) is 1. The van der Waals surface area contributed by atoms with Gasteiger partial charge in [0.2, 0.25) is 0 Å². The maximum Gasteiger partial charge on any atom is 0.191 e. The number of aliphatic imine (C=N–C) groups is 1. The molecule has 0 aliphatic carbocycles. The summed E-state index contributed by atoms with van der Waals surface area (Å²) in [6.07, 6.45) is 1.98. The van der Waals surface area contributed by atoms with Gasteiger partial charge in [0, 0.05) is 26.8 Å². The highest BCUT2D eigenvalue weighted by atomic mass is 19.1. The van der Waals surface area contributed by atoms with E-state index in [9.17, 15) is 4.39 Å². The molecule has 0 aromatic heterocycles. The molecule has 2 N–H and O–H groups in total. The zero-order chi connectivity index (χ0) is 21.9. The van der Waals surface area contributed by atoms with Crippen LogP contribution < -0.4 is 15.4 Å². The number of benzene rings is 2. The zero-order valence-corrected chi connectivity index (χ0v) is 18.3. The van der Waals surface area contributed by atoms with Gasteiger partial charge in [0.15, 0.2) is 17.5 Å². The molecule has 1 aliphatic rings. The molecule has 0 spiro atoms. The highest BCUT2D eigenvalue weighted by molar-refractivity contribution is 5.79. The standard InChI is InChI=1S/C24H32FN3O3/c1-18(31-23-9-4-3-8-22(23)25)15-27-24(26-2)28-16-19-6-5-7-20(14-19)17-30-21-10-12-29-13-11-21/h3-9,14,18,21H,10-13,15-17H2,1-2H3,(H2,26,27,28). The van der Waals surface area contributed by atoms with Crippen LogP contribution in [0.3, 0.4) is 0 Å². The predicted molar refractivity (Wildman–Crippen MR) is 120 cm³/mol. The summed E-state index contributed by atoms with van der Waals surface area (Å²) in [6, 6.07) is 14.7. The lowest BCUT2D eigenvalue weighted by molar-refractivity contribution is -0.0390. The minimum Gasteiger partial charge on any atom is -0.486 e. The Kier molecular flexibility index (Phi) is 9.12. The van der Waals surface area contributed by atoms with Gasteiger partial charge in [0.1, 0.15) is 6.10 Å². The minimum absolute atomic E-state index is 0.221. The van der Waals surface area contributed by atoms with Crippen LogP contribution in [0.25, 0.3) is 0 Å². The Morgan fingerprint density at radius 1 is 1.13 bits per heavy atom. The van der Waals surface area contributed by atoms with Crippen LogP contribution in [0.15, 0.2) is 53.5 Å². The molecule has 2 aromatic rings. The maximum atomic E-state index is 13.7. The van der Waals surface area contributed by atoms with Crippen molar-refractivity contribution in [2.24, 2.45) is 4.99 Å². The van der Waals surface area contributed by atoms with Gasteiger partial charge >= 0.3 is 0 Å². The number of para-hydroxylation sites is 1. The van der Waals surface area contributed by atoms with Gasteiger partial charge in [-0.3, -0.25) is 4.99 Å². The second kappa shape index (κ2) is 12.3. The van der Waals surface area contributed by atoms with E-state index in [1.807, 2.05) is 13.0 Å². The second-order valence-electron chi connectivity index (χ2n) is 7.61. The molecule has 1 heterocycles. The van der Waals surface area contributed by atoms with Crippen LogP contribution in [0, 0.1) is 5.82 Å². The summed E-state index contributed by atoms with van der Waals surface area (Å²) < 4.78 is 30.8. The largest absolute Gasteiger partial charge is 0.486 e. The molecular weight excluding hydrogens is 397 g/mol. The molecule has 1 fully saturated rings. The number of hydrogen-bond donors (Lipinski definition) is 2. The summed E-state index contributed by atoms with van der Waals surface area (Å²) in [5.74, 6) is 0.546. The molecular formula is C24H32FN3O3. The van der Waals surface area contributed by atoms with Crippen LogP contribution in [-0.4, -0.2) is 45.0 Å². The Labute approximate surface area is 183 Å². The lowest BCUT2D eigenvalue weighted by atomic mass is 10.1. The van der Waals surface area contributed by atoms with Gasteiger partial charge in [0.25, 0.3) is 0 Å². The van der Waals surface area contributed by atoms with E-state index in [1.54, 1.807) is 25.2 Å². The van der Waals surface area contributed by atoms with Crippen LogP contribution in [0.1, 0.15) is 30.9 Å². The third kappa shape index (κ3) is 7.84. The molecule has 2 aromatic carbocycles. The Hall–Kier alpha value is -2.64. The van der Waals surface area contributed by atoms with Crippen molar-refractivity contribution in [1.29, 1.82) is 0 Å². The second-order valence-corrected chi connectivity index (χ2v) is 7.61. The monoisotopic (exact) mass is 429 g/mol. The van der Waals surface area contributed by atoms with E-state index >= 15 is 0 Å². The van der Waals surface area contributed by atoms with E-state index in [1.165, 1.54) is 6.07 Å². The average Bonchev–Trinajstić information content (AvgIpc) is 2.80. The zero-order valence-electron chi connectivity index (χ0n) is 18.3. The van der Waals surface area contributed by atoms with Crippen molar-refractivity contribution < 1.29 is 18.6 Å². The van der Waals surface area contributed by atoms with E-state index < -0.39 is 0 Å². The molecule has 1 unspecified atom stereocenters. The quantitative estimate of drug-likeness (QED) is 0.471. The van der Waals surface area contributed by atoms with Crippen LogP contribution in [0.5, 0.6) is 5.75 Å². The summed E-state index contributed by atoms with van der Waals surface area (Å²) in [6.45, 7) is 5.18. The average molecular weight is 430 g/mol. The lowest BCUT2D eigenvalue weighted by Gasteiger charge is -2.22. The number of halogens is 1. The van der Waals surface area contributed by atoms with E-state index in [4.69, 9.17) is 14.2 Å². The number of ether oxygens (including phenoxy) is 3. The highest BCUT2D eigenvalue weighted by Crippen LogP contribution is 2.17. The van der Waals surface area contributed by atoms with Gasteiger partial charge in [-0.25, -0.2) is 4.39 Å². The fourth-order valence-corrected chi connectivity index (χ4v) is 3.33. The van der Waals surface area contributed by atoms with E-state index in [-0.39, 0.29) is 23.8 Å². The van der Waals surface area contributed by atoms with Crippen molar-refractivity contribution in [2.45, 2.75) is 45.1 Å². The smallest absolute Gasteiger partial charge is 0.191 e. The Bertz CT molecular complexity index is 840. The minimum atomic E-state index is -0.363. The van der Waals surface area contributed by atoms with Crippen LogP contribution in [0.2, 0.25) is 0 Å². The highest BCUT2D eigenvalue weighted by Gasteiger charge is 2.14. The number of nitrogens with one attached hydrogen (secondary N) is 2. The van der Waals surface area contributed by atoms with Crippen molar-refractivity contribution in [1.82, 2.24) is 10.6 Å². The molecule has 3 rings (SSSR count). The molecule has 6 nitrogen and oxygen atoms in total. The van der Waals surface area contributed by atoms with Crippen molar-refractivity contribution in [3.63, 3.8) is 0 Å². The van der Waals surface area contributed by atoms with Gasteiger partial charge < -0.3 is 24.8 Å². The fourth-order valence-electron chi connectivity index (χ4n) is 3.33. The third-order valence-electron chi connectivity index (χ3n) is 5.05. The summed E-state index contributed by atoms with van der Waals surface area (Å²) in [5.41, 5.74) is 2.30. The summed E-state index contributed by atoms with van der Waals surface area (Å²) in [5, 5.41) is 6.52. The van der Waals surface area contributed by atoms with E-state index in [0.29, 0.717) is 25.7 Å². The first-order valence-electron chi connectivity index (χ1n) is 10.8. The molecule has 1 atom stereocenters. The van der Waals surface area contributed by atoms with Gasteiger partial charge in [-0.1, -0.05) is 36.4 Å². The van der Waals surface area contributed by atoms with Crippen molar-refractivity contribution in [3.05, 3.63) is 65.5 Å². The van der Waals surface area contributed by atoms with E-state index in [0.717, 1.165) is 37.2 Å². The van der Waals surface area contributed by atoms with Crippen molar-refractivity contribution >= 4 is 5.96 Å². The van der Waals surface area contributed by atoms with Gasteiger partial charge in [-0.05, 0) is 43.0 Å². The Morgan fingerprint density at radius 3 is 2.68 bits per heavy atom. The summed E-state index contributed by atoms with van der Waals surface area (Å²) in [4.78, 5) is 4.25. The fraction of sp³-hybridized carbons (Fsp3) is 0.458. The molecule has 0 amide bonds. The third-order valence-corrected chi connectivity index (χ3v) is 5.05. The first-order valence-corrected chi connectivity index (χ1v) is 10.8. The molecule has 0 bridgehead atoms. The molecule has 31 heavy (non-hydrogen) atoms. The Balaban J connectivity index is 1.42. The number of rotatable bonds is 9. The SMILES string of the molecule is CN=C(NCc1cccc(COC2CCOCC2)c1)NCC(C)Oc1ccccc1F. The van der Waals surface area contributed by atoms with Crippen molar-refractivity contribution in [2.75, 3.05) is 26.8 Å². The summed E-state index contributed by atoms with van der Waals surface area (Å²) >= 11 is 0. The number of guanidine groups is 1. The first-order chi connectivity index (χ1) is 15.1. The first kappa shape index (κ1) is 23.0. The van der Waals surface area contributed by atoms with Crippen LogP contribution >= 0.6 is 0 Å². The summed E-state index contributed by atoms with van der Waals surface area (Å²) in [7, 11) is 1.72. The molecule has 168 valence electrons. The van der Waals surface area contributed by atoms with Gasteiger partial charge in [-0.15, -0.1) is 0 Å². The molecule has 7 heteroatoms. The normalized spacial score (nSPS) is 16.0. The maximum absolute atomic E-state index is 13.7. The van der Waals surface area contributed by atoms with Gasteiger partial charge in [0.05, 0.1) is 19.3 Å². The number of hydrogen-bond acceptors (Lipinski definition) is 4. The van der Waals surface area contributed by atoms with Crippen LogP contribution in [-0.2, 0) is 22.6 Å². The molecule has 1 aliphatic heterocycles. The van der Waals surface area contributed by atoms with E-state index in [2.05, 4.69) is 33.8 Å². The van der Waals surface area contributed by atoms with Crippen LogP contribution in [0.4, 0.5) is 4.39 Å². The molecule has 0 radical (unpaired) electrons.